The van der Waals surface area contributed by atoms with Gasteiger partial charge in [0.1, 0.15) is 0 Å². The van der Waals surface area contributed by atoms with E-state index < -0.39 is 0 Å². The number of hydrogen-bond donors (Lipinski definition) is 1. The summed E-state index contributed by atoms with van der Waals surface area (Å²) < 4.78 is 5.56. The molecule has 2 aromatic rings. The van der Waals surface area contributed by atoms with Gasteiger partial charge in [-0.15, -0.1) is 0 Å². The second kappa shape index (κ2) is 5.91. The van der Waals surface area contributed by atoms with Gasteiger partial charge in [0.2, 0.25) is 0 Å². The molecule has 2 aliphatic rings. The smallest absolute Gasteiger partial charge is 0.257 e. The molecule has 0 bridgehead atoms. The maximum absolute atomic E-state index is 12.4. The van der Waals surface area contributed by atoms with Gasteiger partial charge in [0.15, 0.2) is 0 Å². The lowest BCUT2D eigenvalue weighted by Crippen LogP contribution is -2.37. The fourth-order valence-corrected chi connectivity index (χ4v) is 3.89. The van der Waals surface area contributed by atoms with E-state index in [0.717, 1.165) is 38.3 Å². The number of carbonyl (C=O) groups is 1. The van der Waals surface area contributed by atoms with Crippen molar-refractivity contribution in [3.05, 3.63) is 53.9 Å². The lowest BCUT2D eigenvalue weighted by molar-refractivity contribution is 0.0556. The summed E-state index contributed by atoms with van der Waals surface area (Å²) in [4.78, 5) is 18.7. The van der Waals surface area contributed by atoms with Gasteiger partial charge in [0.25, 0.3) is 5.91 Å². The third-order valence-electron chi connectivity index (χ3n) is 5.15. The first-order chi connectivity index (χ1) is 11.7. The summed E-state index contributed by atoms with van der Waals surface area (Å²) in [5.74, 6) is -0.129. The number of likely N-dealkylation sites (N-methyl/N-ethyl adjacent to an activating group) is 1. The second-order valence-corrected chi connectivity index (χ2v) is 6.68. The first-order valence-corrected chi connectivity index (χ1v) is 8.33. The summed E-state index contributed by atoms with van der Waals surface area (Å²) in [6, 6.07) is 9.76. The van der Waals surface area contributed by atoms with Gasteiger partial charge in [0.05, 0.1) is 5.56 Å². The highest BCUT2D eigenvalue weighted by molar-refractivity contribution is 6.04. The zero-order chi connectivity index (χ0) is 16.6. The zero-order valence-electron chi connectivity index (χ0n) is 13.8. The molecule has 1 fully saturated rings. The number of benzene rings is 1. The van der Waals surface area contributed by atoms with Gasteiger partial charge in [0, 0.05) is 56.0 Å². The average molecular weight is 323 g/mol. The van der Waals surface area contributed by atoms with Crippen LogP contribution in [-0.4, -0.2) is 37.7 Å². The Bertz CT molecular complexity index is 754. The molecule has 0 radical (unpaired) electrons. The normalized spacial score (nSPS) is 18.5. The molecule has 1 amide bonds. The highest BCUT2D eigenvalue weighted by atomic mass is 16.5. The van der Waals surface area contributed by atoms with Gasteiger partial charge >= 0.3 is 0 Å². The first-order valence-electron chi connectivity index (χ1n) is 8.33. The summed E-state index contributed by atoms with van der Waals surface area (Å²) in [5.41, 5.74) is 4.14. The number of fused-ring (bicyclic) bond motifs is 2. The summed E-state index contributed by atoms with van der Waals surface area (Å²) in [6.45, 7) is 2.63. The van der Waals surface area contributed by atoms with Gasteiger partial charge in [-0.05, 0) is 48.7 Å². The van der Waals surface area contributed by atoms with Crippen LogP contribution >= 0.6 is 0 Å². The number of aromatic nitrogens is 1. The SMILES string of the molecule is CN1CC2(CCOCC2)c2cc(NC(=O)c3cccnc3)ccc21. The van der Waals surface area contributed by atoms with Crippen LogP contribution in [0.1, 0.15) is 28.8 Å². The van der Waals surface area contributed by atoms with E-state index in [4.69, 9.17) is 4.74 Å². The molecule has 1 aromatic carbocycles. The van der Waals surface area contributed by atoms with Crippen molar-refractivity contribution < 1.29 is 9.53 Å². The van der Waals surface area contributed by atoms with E-state index in [1.165, 1.54) is 11.3 Å². The first kappa shape index (κ1) is 15.1. The Morgan fingerprint density at radius 1 is 1.29 bits per heavy atom. The van der Waals surface area contributed by atoms with Crippen molar-refractivity contribution >= 4 is 17.3 Å². The third kappa shape index (κ3) is 2.55. The van der Waals surface area contributed by atoms with E-state index >= 15 is 0 Å². The van der Waals surface area contributed by atoms with Gasteiger partial charge in [-0.1, -0.05) is 0 Å². The van der Waals surface area contributed by atoms with Crippen LogP contribution in [-0.2, 0) is 10.2 Å². The fraction of sp³-hybridized carbons (Fsp3) is 0.368. The Labute approximate surface area is 141 Å². The minimum absolute atomic E-state index is 0.129. The van der Waals surface area contributed by atoms with Crippen molar-refractivity contribution in [2.75, 3.05) is 37.0 Å². The molecule has 1 N–H and O–H groups in total. The standard InChI is InChI=1S/C19H21N3O2/c1-22-13-19(6-9-24-10-7-19)16-11-15(4-5-17(16)22)21-18(23)14-3-2-8-20-12-14/h2-5,8,11-12H,6-7,9-10,13H2,1H3,(H,21,23). The molecule has 5 heteroatoms. The highest BCUT2D eigenvalue weighted by Crippen LogP contribution is 2.46. The Kier molecular flexibility index (Phi) is 3.73. The average Bonchev–Trinajstić information content (AvgIpc) is 2.88. The molecule has 0 aliphatic carbocycles. The Morgan fingerprint density at radius 2 is 2.12 bits per heavy atom. The van der Waals surface area contributed by atoms with Crippen molar-refractivity contribution in [2.24, 2.45) is 0 Å². The topological polar surface area (TPSA) is 54.5 Å². The van der Waals surface area contributed by atoms with Crippen molar-refractivity contribution in [3.63, 3.8) is 0 Å². The number of hydrogen-bond acceptors (Lipinski definition) is 4. The summed E-state index contributed by atoms with van der Waals surface area (Å²) in [6.07, 6.45) is 5.31. The van der Waals surface area contributed by atoms with E-state index in [9.17, 15) is 4.79 Å². The predicted octanol–water partition coefficient (Wildman–Crippen LogP) is 2.83. The van der Waals surface area contributed by atoms with E-state index in [-0.39, 0.29) is 11.3 Å². The summed E-state index contributed by atoms with van der Waals surface area (Å²) in [7, 11) is 2.14. The van der Waals surface area contributed by atoms with Crippen LogP contribution in [0.3, 0.4) is 0 Å². The Morgan fingerprint density at radius 3 is 2.88 bits per heavy atom. The molecule has 0 unspecified atom stereocenters. The van der Waals surface area contributed by atoms with Crippen molar-refractivity contribution in [1.82, 2.24) is 4.98 Å². The molecular weight excluding hydrogens is 302 g/mol. The minimum atomic E-state index is -0.129. The van der Waals surface area contributed by atoms with Gasteiger partial charge in [-0.3, -0.25) is 9.78 Å². The minimum Gasteiger partial charge on any atom is -0.381 e. The predicted molar refractivity (Wildman–Crippen MR) is 93.6 cm³/mol. The third-order valence-corrected chi connectivity index (χ3v) is 5.15. The quantitative estimate of drug-likeness (QED) is 0.923. The molecule has 2 aliphatic heterocycles. The van der Waals surface area contributed by atoms with E-state index in [2.05, 4.69) is 34.4 Å². The van der Waals surface area contributed by atoms with Crippen molar-refractivity contribution in [3.8, 4) is 0 Å². The van der Waals surface area contributed by atoms with E-state index in [0.29, 0.717) is 5.56 Å². The lowest BCUT2D eigenvalue weighted by atomic mass is 9.76. The van der Waals surface area contributed by atoms with Crippen LogP contribution < -0.4 is 10.2 Å². The number of carbonyl (C=O) groups excluding carboxylic acids is 1. The Hall–Kier alpha value is -2.40. The lowest BCUT2D eigenvalue weighted by Gasteiger charge is -2.34. The molecule has 1 aromatic heterocycles. The molecule has 124 valence electrons. The van der Waals surface area contributed by atoms with Gasteiger partial charge in [-0.2, -0.15) is 0 Å². The maximum Gasteiger partial charge on any atom is 0.257 e. The zero-order valence-corrected chi connectivity index (χ0v) is 13.8. The number of ether oxygens (including phenoxy) is 1. The van der Waals surface area contributed by atoms with Crippen LogP contribution in [0.4, 0.5) is 11.4 Å². The maximum atomic E-state index is 12.4. The number of rotatable bonds is 2. The van der Waals surface area contributed by atoms with Crippen molar-refractivity contribution in [2.45, 2.75) is 18.3 Å². The molecular formula is C19H21N3O2. The molecule has 0 saturated carbocycles. The molecule has 1 spiro atoms. The Balaban J connectivity index is 1.63. The van der Waals surface area contributed by atoms with Crippen LogP contribution in [0.5, 0.6) is 0 Å². The molecule has 5 nitrogen and oxygen atoms in total. The number of pyridine rings is 1. The fourth-order valence-electron chi connectivity index (χ4n) is 3.89. The summed E-state index contributed by atoms with van der Waals surface area (Å²) in [5, 5.41) is 3.00. The number of nitrogens with one attached hydrogen (secondary N) is 1. The molecule has 24 heavy (non-hydrogen) atoms. The summed E-state index contributed by atoms with van der Waals surface area (Å²) >= 11 is 0. The molecule has 1 saturated heterocycles. The second-order valence-electron chi connectivity index (χ2n) is 6.68. The number of amides is 1. The van der Waals surface area contributed by atoms with Crippen LogP contribution in [0.2, 0.25) is 0 Å². The van der Waals surface area contributed by atoms with Crippen molar-refractivity contribution in [1.29, 1.82) is 0 Å². The molecule has 4 rings (SSSR count). The van der Waals surface area contributed by atoms with Crippen LogP contribution in [0.15, 0.2) is 42.7 Å². The molecule has 3 heterocycles. The van der Waals surface area contributed by atoms with Gasteiger partial charge in [-0.25, -0.2) is 0 Å². The highest BCUT2D eigenvalue weighted by Gasteiger charge is 2.42. The van der Waals surface area contributed by atoms with E-state index in [1.54, 1.807) is 24.5 Å². The van der Waals surface area contributed by atoms with Crippen LogP contribution in [0, 0.1) is 0 Å². The largest absolute Gasteiger partial charge is 0.381 e. The van der Waals surface area contributed by atoms with Gasteiger partial charge < -0.3 is 15.0 Å². The number of anilines is 2. The number of nitrogens with zero attached hydrogens (tertiary/aromatic N) is 2. The monoisotopic (exact) mass is 323 g/mol. The van der Waals surface area contributed by atoms with Crippen LogP contribution in [0.25, 0.3) is 0 Å². The molecule has 0 atom stereocenters. The van der Waals surface area contributed by atoms with E-state index in [1.807, 2.05) is 6.07 Å².